The topological polar surface area (TPSA) is 74.3 Å². The Hall–Kier alpha value is -2.16. The van der Waals surface area contributed by atoms with E-state index in [1.807, 2.05) is 24.3 Å². The molecule has 2 heterocycles. The molecule has 0 bridgehead atoms. The van der Waals surface area contributed by atoms with Crippen molar-refractivity contribution in [3.63, 3.8) is 0 Å². The van der Waals surface area contributed by atoms with E-state index in [1.165, 1.54) is 12.8 Å². The first-order valence-corrected chi connectivity index (χ1v) is 10.6. The number of carbonyl (C=O) groups excluding carboxylic acids is 2. The standard InChI is InChI=1S/C21H25IN4O2/c1-15-8-10-26(11-9-15)19-7-6-16(12-23-19)13-24-20(27)14-25-21(28)17-4-2-3-5-18(17)22/h2-7,12,15H,8-11,13-14H2,1H3,(H,24,27)(H,25,28). The molecule has 3 rings (SSSR count). The number of rotatable bonds is 6. The Morgan fingerprint density at radius 3 is 2.57 bits per heavy atom. The van der Waals surface area contributed by atoms with Crippen molar-refractivity contribution in [3.05, 3.63) is 57.3 Å². The highest BCUT2D eigenvalue weighted by Gasteiger charge is 2.16. The van der Waals surface area contributed by atoms with E-state index in [9.17, 15) is 9.59 Å². The van der Waals surface area contributed by atoms with E-state index in [2.05, 4.69) is 50.0 Å². The monoisotopic (exact) mass is 492 g/mol. The molecule has 2 amide bonds. The molecule has 2 N–H and O–H groups in total. The van der Waals surface area contributed by atoms with Gasteiger partial charge in [-0.2, -0.15) is 0 Å². The molecule has 2 aromatic rings. The summed E-state index contributed by atoms with van der Waals surface area (Å²) in [6.45, 7) is 4.72. The summed E-state index contributed by atoms with van der Waals surface area (Å²) in [5, 5.41) is 5.47. The minimum absolute atomic E-state index is 0.0543. The predicted octanol–water partition coefficient (Wildman–Crippen LogP) is 2.97. The molecule has 1 aliphatic rings. The van der Waals surface area contributed by atoms with Crippen LogP contribution in [0.4, 0.5) is 5.82 Å². The lowest BCUT2D eigenvalue weighted by Gasteiger charge is -2.31. The minimum Gasteiger partial charge on any atom is -0.357 e. The maximum absolute atomic E-state index is 12.1. The molecule has 1 aliphatic heterocycles. The lowest BCUT2D eigenvalue weighted by molar-refractivity contribution is -0.120. The van der Waals surface area contributed by atoms with Crippen molar-refractivity contribution >= 4 is 40.2 Å². The highest BCUT2D eigenvalue weighted by atomic mass is 127. The lowest BCUT2D eigenvalue weighted by Crippen LogP contribution is -2.37. The Morgan fingerprint density at radius 2 is 1.89 bits per heavy atom. The number of aromatic nitrogens is 1. The van der Waals surface area contributed by atoms with Gasteiger partial charge in [0, 0.05) is 29.4 Å². The van der Waals surface area contributed by atoms with Gasteiger partial charge in [0.15, 0.2) is 0 Å². The molecule has 0 atom stereocenters. The van der Waals surface area contributed by atoms with Gasteiger partial charge in [0.25, 0.3) is 5.91 Å². The molecular formula is C21H25IN4O2. The molecule has 7 heteroatoms. The van der Waals surface area contributed by atoms with Crippen LogP contribution in [-0.4, -0.2) is 36.4 Å². The van der Waals surface area contributed by atoms with Crippen molar-refractivity contribution in [1.29, 1.82) is 0 Å². The van der Waals surface area contributed by atoms with Gasteiger partial charge in [-0.3, -0.25) is 9.59 Å². The fraction of sp³-hybridized carbons (Fsp3) is 0.381. The van der Waals surface area contributed by atoms with Crippen LogP contribution in [-0.2, 0) is 11.3 Å². The van der Waals surface area contributed by atoms with E-state index in [0.29, 0.717) is 12.1 Å². The fourth-order valence-corrected chi connectivity index (χ4v) is 3.74. The number of amides is 2. The van der Waals surface area contributed by atoms with Crippen LogP contribution in [0.5, 0.6) is 0 Å². The van der Waals surface area contributed by atoms with Crippen LogP contribution in [0.15, 0.2) is 42.6 Å². The van der Waals surface area contributed by atoms with E-state index in [4.69, 9.17) is 0 Å². The Labute approximate surface area is 179 Å². The summed E-state index contributed by atoms with van der Waals surface area (Å²) in [4.78, 5) is 31.0. The third kappa shape index (κ3) is 5.67. The molecule has 1 fully saturated rings. The van der Waals surface area contributed by atoms with Crippen LogP contribution >= 0.6 is 22.6 Å². The molecule has 1 saturated heterocycles. The van der Waals surface area contributed by atoms with Crippen molar-refractivity contribution in [2.75, 3.05) is 24.5 Å². The average molecular weight is 492 g/mol. The fourth-order valence-electron chi connectivity index (χ4n) is 3.11. The molecule has 148 valence electrons. The number of benzene rings is 1. The number of anilines is 1. The summed E-state index contributed by atoms with van der Waals surface area (Å²) in [5.74, 6) is 1.30. The summed E-state index contributed by atoms with van der Waals surface area (Å²) < 4.78 is 0.854. The van der Waals surface area contributed by atoms with Crippen LogP contribution in [0.25, 0.3) is 0 Å². The van der Waals surface area contributed by atoms with Crippen LogP contribution < -0.4 is 15.5 Å². The molecule has 28 heavy (non-hydrogen) atoms. The molecule has 6 nitrogen and oxygen atoms in total. The van der Waals surface area contributed by atoms with E-state index in [1.54, 1.807) is 18.3 Å². The van der Waals surface area contributed by atoms with Gasteiger partial charge in [-0.1, -0.05) is 25.1 Å². The van der Waals surface area contributed by atoms with Gasteiger partial charge in [-0.15, -0.1) is 0 Å². The van der Waals surface area contributed by atoms with Crippen LogP contribution in [0.3, 0.4) is 0 Å². The van der Waals surface area contributed by atoms with Gasteiger partial charge < -0.3 is 15.5 Å². The number of nitrogens with zero attached hydrogens (tertiary/aromatic N) is 2. The highest BCUT2D eigenvalue weighted by Crippen LogP contribution is 2.21. The second kappa shape index (κ2) is 9.86. The minimum atomic E-state index is -0.248. The Kier molecular flexibility index (Phi) is 7.24. The van der Waals surface area contributed by atoms with Crippen LogP contribution in [0, 0.1) is 9.49 Å². The highest BCUT2D eigenvalue weighted by molar-refractivity contribution is 14.1. The number of hydrogen-bond donors (Lipinski definition) is 2. The molecular weight excluding hydrogens is 467 g/mol. The quantitative estimate of drug-likeness (QED) is 0.609. The van der Waals surface area contributed by atoms with Crippen molar-refractivity contribution in [2.24, 2.45) is 5.92 Å². The summed E-state index contributed by atoms with van der Waals surface area (Å²) in [7, 11) is 0. The average Bonchev–Trinajstić information content (AvgIpc) is 2.72. The Morgan fingerprint density at radius 1 is 1.14 bits per heavy atom. The van der Waals surface area contributed by atoms with E-state index in [-0.39, 0.29) is 18.4 Å². The van der Waals surface area contributed by atoms with Gasteiger partial charge in [-0.05, 0) is 65.1 Å². The Balaban J connectivity index is 1.43. The first-order valence-electron chi connectivity index (χ1n) is 9.52. The molecule has 1 aromatic heterocycles. The van der Waals surface area contributed by atoms with Crippen molar-refractivity contribution in [1.82, 2.24) is 15.6 Å². The third-order valence-corrected chi connectivity index (χ3v) is 5.88. The van der Waals surface area contributed by atoms with Gasteiger partial charge in [0.1, 0.15) is 5.82 Å². The number of halogens is 1. The van der Waals surface area contributed by atoms with Gasteiger partial charge in [0.2, 0.25) is 5.91 Å². The van der Waals surface area contributed by atoms with Gasteiger partial charge in [-0.25, -0.2) is 4.98 Å². The Bertz CT molecular complexity index is 817. The molecule has 0 spiro atoms. The van der Waals surface area contributed by atoms with Gasteiger partial charge in [0.05, 0.1) is 12.1 Å². The number of nitrogens with one attached hydrogen (secondary N) is 2. The van der Waals surface area contributed by atoms with E-state index >= 15 is 0 Å². The van der Waals surface area contributed by atoms with Gasteiger partial charge >= 0.3 is 0 Å². The molecule has 0 unspecified atom stereocenters. The largest absolute Gasteiger partial charge is 0.357 e. The molecule has 0 radical (unpaired) electrons. The zero-order valence-corrected chi connectivity index (χ0v) is 18.1. The summed E-state index contributed by atoms with van der Waals surface area (Å²) in [6.07, 6.45) is 4.21. The van der Waals surface area contributed by atoms with E-state index < -0.39 is 0 Å². The predicted molar refractivity (Wildman–Crippen MR) is 118 cm³/mol. The second-order valence-electron chi connectivity index (χ2n) is 7.13. The second-order valence-corrected chi connectivity index (χ2v) is 8.30. The van der Waals surface area contributed by atoms with Crippen LogP contribution in [0.1, 0.15) is 35.7 Å². The van der Waals surface area contributed by atoms with E-state index in [0.717, 1.165) is 34.0 Å². The van der Waals surface area contributed by atoms with Crippen molar-refractivity contribution < 1.29 is 9.59 Å². The van der Waals surface area contributed by atoms with Crippen LogP contribution in [0.2, 0.25) is 0 Å². The maximum Gasteiger partial charge on any atom is 0.252 e. The van der Waals surface area contributed by atoms with Crippen molar-refractivity contribution in [3.8, 4) is 0 Å². The molecule has 1 aromatic carbocycles. The summed E-state index contributed by atoms with van der Waals surface area (Å²) >= 11 is 2.10. The number of hydrogen-bond acceptors (Lipinski definition) is 4. The molecule has 0 aliphatic carbocycles. The molecule has 0 saturated carbocycles. The van der Waals surface area contributed by atoms with Crippen molar-refractivity contribution in [2.45, 2.75) is 26.3 Å². The lowest BCUT2D eigenvalue weighted by atomic mass is 9.99. The normalized spacial score (nSPS) is 14.6. The summed E-state index contributed by atoms with van der Waals surface area (Å²) in [6, 6.07) is 11.3. The smallest absolute Gasteiger partial charge is 0.252 e. The SMILES string of the molecule is CC1CCN(c2ccc(CNC(=O)CNC(=O)c3ccccc3I)cn2)CC1. The maximum atomic E-state index is 12.1. The zero-order chi connectivity index (χ0) is 19.9. The number of carbonyl (C=O) groups is 2. The zero-order valence-electron chi connectivity index (χ0n) is 16.0. The summed E-state index contributed by atoms with van der Waals surface area (Å²) in [5.41, 5.74) is 1.51. The first-order chi connectivity index (χ1) is 13.5. The third-order valence-electron chi connectivity index (χ3n) is 4.93. The number of pyridine rings is 1. The number of piperidine rings is 1. The first kappa shape index (κ1) is 20.6.